The fraction of sp³-hybridized carbons (Fsp3) is 0.500. The van der Waals surface area contributed by atoms with E-state index in [-0.39, 0.29) is 18.4 Å². The maximum Gasteiger partial charge on any atom is 0.230 e. The average Bonchev–Trinajstić information content (AvgIpc) is 3.19. The van der Waals surface area contributed by atoms with Gasteiger partial charge in [-0.05, 0) is 25.3 Å². The zero-order chi connectivity index (χ0) is 12.3. The SMILES string of the molecule is CC(C(=O)N(CCO)C1CC1)c1ccccc1. The van der Waals surface area contributed by atoms with E-state index in [0.717, 1.165) is 18.4 Å². The van der Waals surface area contributed by atoms with Gasteiger partial charge in [0.05, 0.1) is 12.5 Å². The standard InChI is InChI=1S/C14H19NO2/c1-11(12-5-3-2-4-6-12)14(17)15(9-10-16)13-7-8-13/h2-6,11,13,16H,7-10H2,1H3. The maximum absolute atomic E-state index is 12.3. The molecule has 0 radical (unpaired) electrons. The third kappa shape index (κ3) is 2.86. The smallest absolute Gasteiger partial charge is 0.230 e. The number of aliphatic hydroxyl groups excluding tert-OH is 1. The minimum Gasteiger partial charge on any atom is -0.395 e. The molecule has 1 N–H and O–H groups in total. The lowest BCUT2D eigenvalue weighted by Gasteiger charge is -2.25. The summed E-state index contributed by atoms with van der Waals surface area (Å²) in [6.45, 7) is 2.44. The number of hydrogen-bond donors (Lipinski definition) is 1. The molecule has 1 atom stereocenters. The second-order valence-corrected chi connectivity index (χ2v) is 4.62. The average molecular weight is 233 g/mol. The van der Waals surface area contributed by atoms with Crippen molar-refractivity contribution >= 4 is 5.91 Å². The third-order valence-electron chi connectivity index (χ3n) is 3.28. The van der Waals surface area contributed by atoms with Crippen LogP contribution in [0.1, 0.15) is 31.2 Å². The van der Waals surface area contributed by atoms with Gasteiger partial charge in [-0.1, -0.05) is 30.3 Å². The van der Waals surface area contributed by atoms with Gasteiger partial charge >= 0.3 is 0 Å². The summed E-state index contributed by atoms with van der Waals surface area (Å²) in [5.74, 6) is 0.0103. The van der Waals surface area contributed by atoms with E-state index in [1.807, 2.05) is 42.2 Å². The van der Waals surface area contributed by atoms with Gasteiger partial charge in [-0.3, -0.25) is 4.79 Å². The summed E-state index contributed by atoms with van der Waals surface area (Å²) in [4.78, 5) is 14.2. The summed E-state index contributed by atoms with van der Waals surface area (Å²) in [6, 6.07) is 10.2. The Morgan fingerprint density at radius 3 is 2.59 bits per heavy atom. The molecule has 3 heteroatoms. The number of carbonyl (C=O) groups excluding carboxylic acids is 1. The van der Waals surface area contributed by atoms with Crippen LogP contribution in [0, 0.1) is 0 Å². The number of rotatable bonds is 5. The zero-order valence-electron chi connectivity index (χ0n) is 10.2. The van der Waals surface area contributed by atoms with Crippen LogP contribution in [-0.2, 0) is 4.79 Å². The molecule has 1 amide bonds. The van der Waals surface area contributed by atoms with Crippen molar-refractivity contribution in [3.63, 3.8) is 0 Å². The molecule has 2 rings (SSSR count). The Balaban J connectivity index is 2.07. The zero-order valence-corrected chi connectivity index (χ0v) is 10.2. The van der Waals surface area contributed by atoms with Crippen LogP contribution in [0.15, 0.2) is 30.3 Å². The molecule has 0 saturated heterocycles. The van der Waals surface area contributed by atoms with E-state index in [2.05, 4.69) is 0 Å². The molecule has 0 aromatic heterocycles. The summed E-state index contributed by atoms with van der Waals surface area (Å²) >= 11 is 0. The molecule has 0 aliphatic heterocycles. The minimum absolute atomic E-state index is 0.0454. The van der Waals surface area contributed by atoms with Crippen molar-refractivity contribution in [3.8, 4) is 0 Å². The Morgan fingerprint density at radius 2 is 2.06 bits per heavy atom. The first-order valence-electron chi connectivity index (χ1n) is 6.20. The second-order valence-electron chi connectivity index (χ2n) is 4.62. The molecule has 1 saturated carbocycles. The lowest BCUT2D eigenvalue weighted by molar-refractivity contribution is -0.133. The molecule has 1 aromatic rings. The van der Waals surface area contributed by atoms with Gasteiger partial charge < -0.3 is 10.0 Å². The van der Waals surface area contributed by atoms with Crippen molar-refractivity contribution in [3.05, 3.63) is 35.9 Å². The molecule has 0 spiro atoms. The van der Waals surface area contributed by atoms with Crippen LogP contribution in [0.5, 0.6) is 0 Å². The Bertz CT molecular complexity index is 373. The van der Waals surface area contributed by atoms with Crippen LogP contribution >= 0.6 is 0 Å². The molecule has 1 aromatic carbocycles. The molecular formula is C14H19NO2. The summed E-state index contributed by atoms with van der Waals surface area (Å²) in [6.07, 6.45) is 2.15. The fourth-order valence-corrected chi connectivity index (χ4v) is 2.10. The van der Waals surface area contributed by atoms with E-state index in [1.165, 1.54) is 0 Å². The second kappa shape index (κ2) is 5.32. The molecule has 1 aliphatic carbocycles. The normalized spacial score (nSPS) is 16.6. The van der Waals surface area contributed by atoms with Gasteiger partial charge in [0.25, 0.3) is 0 Å². The van der Waals surface area contributed by atoms with E-state index in [0.29, 0.717) is 12.6 Å². The summed E-state index contributed by atoms with van der Waals surface area (Å²) < 4.78 is 0. The van der Waals surface area contributed by atoms with Crippen molar-refractivity contribution < 1.29 is 9.90 Å². The van der Waals surface area contributed by atoms with Crippen molar-refractivity contribution in [2.45, 2.75) is 31.7 Å². The van der Waals surface area contributed by atoms with E-state index >= 15 is 0 Å². The molecule has 0 heterocycles. The minimum atomic E-state index is -0.122. The lowest BCUT2D eigenvalue weighted by Crippen LogP contribution is -2.38. The van der Waals surface area contributed by atoms with Crippen LogP contribution in [0.2, 0.25) is 0 Å². The largest absolute Gasteiger partial charge is 0.395 e. The predicted molar refractivity (Wildman–Crippen MR) is 66.7 cm³/mol. The highest BCUT2D eigenvalue weighted by Gasteiger charge is 2.34. The summed E-state index contributed by atoms with van der Waals surface area (Å²) in [5, 5.41) is 9.02. The Morgan fingerprint density at radius 1 is 1.41 bits per heavy atom. The van der Waals surface area contributed by atoms with Crippen LogP contribution in [0.3, 0.4) is 0 Å². The number of amides is 1. The topological polar surface area (TPSA) is 40.5 Å². The van der Waals surface area contributed by atoms with Gasteiger partial charge in [-0.2, -0.15) is 0 Å². The molecule has 92 valence electrons. The third-order valence-corrected chi connectivity index (χ3v) is 3.28. The molecule has 0 bridgehead atoms. The Kier molecular flexibility index (Phi) is 3.79. The molecule has 1 fully saturated rings. The van der Waals surface area contributed by atoms with Gasteiger partial charge in [-0.15, -0.1) is 0 Å². The van der Waals surface area contributed by atoms with Gasteiger partial charge in [0.1, 0.15) is 0 Å². The monoisotopic (exact) mass is 233 g/mol. The highest BCUT2D eigenvalue weighted by molar-refractivity contribution is 5.83. The number of carbonyl (C=O) groups is 1. The molecular weight excluding hydrogens is 214 g/mol. The highest BCUT2D eigenvalue weighted by atomic mass is 16.3. The molecule has 17 heavy (non-hydrogen) atoms. The lowest BCUT2D eigenvalue weighted by atomic mass is 10.00. The van der Waals surface area contributed by atoms with Crippen LogP contribution in [0.25, 0.3) is 0 Å². The molecule has 1 aliphatic rings. The quantitative estimate of drug-likeness (QED) is 0.842. The fourth-order valence-electron chi connectivity index (χ4n) is 2.10. The predicted octanol–water partition coefficient (Wildman–Crippen LogP) is 1.77. The van der Waals surface area contributed by atoms with E-state index < -0.39 is 0 Å². The Hall–Kier alpha value is -1.35. The summed E-state index contributed by atoms with van der Waals surface area (Å²) in [7, 11) is 0. The van der Waals surface area contributed by atoms with Crippen molar-refractivity contribution in [1.82, 2.24) is 4.90 Å². The number of benzene rings is 1. The summed E-state index contributed by atoms with van der Waals surface area (Å²) in [5.41, 5.74) is 1.04. The first-order valence-corrected chi connectivity index (χ1v) is 6.20. The van der Waals surface area contributed by atoms with E-state index in [9.17, 15) is 4.79 Å². The first-order chi connectivity index (χ1) is 8.24. The van der Waals surface area contributed by atoms with Crippen molar-refractivity contribution in [1.29, 1.82) is 0 Å². The maximum atomic E-state index is 12.3. The van der Waals surface area contributed by atoms with Crippen LogP contribution in [0.4, 0.5) is 0 Å². The van der Waals surface area contributed by atoms with Gasteiger partial charge in [-0.25, -0.2) is 0 Å². The van der Waals surface area contributed by atoms with Gasteiger partial charge in [0.15, 0.2) is 0 Å². The van der Waals surface area contributed by atoms with Gasteiger partial charge in [0.2, 0.25) is 5.91 Å². The van der Waals surface area contributed by atoms with Gasteiger partial charge in [0, 0.05) is 12.6 Å². The van der Waals surface area contributed by atoms with Crippen LogP contribution < -0.4 is 0 Å². The number of hydrogen-bond acceptors (Lipinski definition) is 2. The van der Waals surface area contributed by atoms with E-state index in [4.69, 9.17) is 5.11 Å². The number of nitrogens with zero attached hydrogens (tertiary/aromatic N) is 1. The number of aliphatic hydroxyl groups is 1. The molecule has 1 unspecified atom stereocenters. The van der Waals surface area contributed by atoms with E-state index in [1.54, 1.807) is 0 Å². The van der Waals surface area contributed by atoms with Crippen molar-refractivity contribution in [2.24, 2.45) is 0 Å². The highest BCUT2D eigenvalue weighted by Crippen LogP contribution is 2.29. The Labute approximate surface area is 102 Å². The first kappa shape index (κ1) is 12.1. The van der Waals surface area contributed by atoms with Crippen molar-refractivity contribution in [2.75, 3.05) is 13.2 Å². The molecule has 3 nitrogen and oxygen atoms in total. The van der Waals surface area contributed by atoms with Crippen LogP contribution in [-0.4, -0.2) is 35.1 Å².